The highest BCUT2D eigenvalue weighted by molar-refractivity contribution is 14.1. The number of nitrogens with zero attached hydrogens (tertiary/aromatic N) is 2. The Kier molecular flexibility index (Phi) is 2.77. The van der Waals surface area contributed by atoms with Gasteiger partial charge < -0.3 is 5.32 Å². The van der Waals surface area contributed by atoms with Gasteiger partial charge in [-0.2, -0.15) is 0 Å². The Morgan fingerprint density at radius 2 is 1.85 bits per heavy atom. The monoisotopic (exact) mass is 287 g/mol. The molecule has 0 radical (unpaired) electrons. The molecule has 0 aromatic carbocycles. The summed E-state index contributed by atoms with van der Waals surface area (Å²) >= 11 is 2.20. The SMILES string of the molecule is Ic1cnc(NC2CC=CC2)nc1. The lowest BCUT2D eigenvalue weighted by atomic mass is 10.2. The molecule has 0 unspecified atom stereocenters. The van der Waals surface area contributed by atoms with Crippen LogP contribution in [0.3, 0.4) is 0 Å². The highest BCUT2D eigenvalue weighted by Crippen LogP contribution is 2.13. The molecular formula is C9H10IN3. The van der Waals surface area contributed by atoms with E-state index < -0.39 is 0 Å². The average Bonchev–Trinajstić information content (AvgIpc) is 2.62. The Morgan fingerprint density at radius 1 is 1.23 bits per heavy atom. The maximum atomic E-state index is 4.18. The summed E-state index contributed by atoms with van der Waals surface area (Å²) in [5, 5.41) is 3.28. The molecule has 0 saturated carbocycles. The molecule has 0 atom stereocenters. The van der Waals surface area contributed by atoms with Gasteiger partial charge in [0.2, 0.25) is 5.95 Å². The second kappa shape index (κ2) is 4.04. The number of hydrogen-bond acceptors (Lipinski definition) is 3. The van der Waals surface area contributed by atoms with Crippen LogP contribution in [0.2, 0.25) is 0 Å². The molecule has 3 nitrogen and oxygen atoms in total. The van der Waals surface area contributed by atoms with Gasteiger partial charge in [-0.25, -0.2) is 9.97 Å². The van der Waals surface area contributed by atoms with E-state index in [9.17, 15) is 0 Å². The van der Waals surface area contributed by atoms with Crippen molar-refractivity contribution in [3.63, 3.8) is 0 Å². The fourth-order valence-electron chi connectivity index (χ4n) is 1.30. The molecule has 1 aromatic rings. The van der Waals surface area contributed by atoms with Gasteiger partial charge in [0, 0.05) is 22.0 Å². The third-order valence-electron chi connectivity index (χ3n) is 1.96. The Labute approximate surface area is 90.8 Å². The zero-order valence-corrected chi connectivity index (χ0v) is 9.23. The average molecular weight is 287 g/mol. The van der Waals surface area contributed by atoms with E-state index in [0.717, 1.165) is 22.4 Å². The Hall–Kier alpha value is -0.650. The lowest BCUT2D eigenvalue weighted by molar-refractivity contribution is 0.773. The van der Waals surface area contributed by atoms with Crippen LogP contribution >= 0.6 is 22.6 Å². The van der Waals surface area contributed by atoms with E-state index in [1.807, 2.05) is 12.4 Å². The maximum Gasteiger partial charge on any atom is 0.222 e. The minimum Gasteiger partial charge on any atom is -0.351 e. The second-order valence-corrected chi connectivity index (χ2v) is 4.25. The van der Waals surface area contributed by atoms with Gasteiger partial charge in [0.1, 0.15) is 0 Å². The summed E-state index contributed by atoms with van der Waals surface area (Å²) in [5.74, 6) is 0.731. The molecule has 0 saturated heterocycles. The van der Waals surface area contributed by atoms with Crippen molar-refractivity contribution in [3.05, 3.63) is 28.1 Å². The lowest BCUT2D eigenvalue weighted by Crippen LogP contribution is -2.16. The molecule has 0 aliphatic heterocycles. The molecule has 4 heteroatoms. The van der Waals surface area contributed by atoms with Gasteiger partial charge in [-0.05, 0) is 35.4 Å². The summed E-state index contributed by atoms with van der Waals surface area (Å²) in [6, 6.07) is 0.486. The Bertz CT molecular complexity index is 299. The third-order valence-corrected chi connectivity index (χ3v) is 2.52. The molecule has 1 heterocycles. The fraction of sp³-hybridized carbons (Fsp3) is 0.333. The van der Waals surface area contributed by atoms with E-state index in [-0.39, 0.29) is 0 Å². The van der Waals surface area contributed by atoms with Crippen LogP contribution in [0.25, 0.3) is 0 Å². The van der Waals surface area contributed by atoms with Gasteiger partial charge in [0.25, 0.3) is 0 Å². The summed E-state index contributed by atoms with van der Waals surface area (Å²) < 4.78 is 1.06. The molecule has 1 N–H and O–H groups in total. The first-order valence-electron chi connectivity index (χ1n) is 4.23. The molecule has 1 aliphatic carbocycles. The molecule has 0 spiro atoms. The van der Waals surface area contributed by atoms with Crippen LogP contribution in [0.15, 0.2) is 24.5 Å². The molecule has 1 aromatic heterocycles. The fourth-order valence-corrected chi connectivity index (χ4v) is 1.58. The normalized spacial score (nSPS) is 16.4. The van der Waals surface area contributed by atoms with E-state index >= 15 is 0 Å². The largest absolute Gasteiger partial charge is 0.351 e. The van der Waals surface area contributed by atoms with E-state index in [4.69, 9.17) is 0 Å². The van der Waals surface area contributed by atoms with Gasteiger partial charge in [-0.1, -0.05) is 12.2 Å². The summed E-state index contributed by atoms with van der Waals surface area (Å²) in [4.78, 5) is 8.37. The maximum absolute atomic E-state index is 4.18. The standard InChI is InChI=1S/C9H10IN3/c10-7-5-11-9(12-6-7)13-8-3-1-2-4-8/h1-2,5-6,8H,3-4H2,(H,11,12,13). The highest BCUT2D eigenvalue weighted by atomic mass is 127. The molecule has 2 rings (SSSR count). The van der Waals surface area contributed by atoms with Crippen molar-refractivity contribution in [1.29, 1.82) is 0 Å². The van der Waals surface area contributed by atoms with Crippen molar-refractivity contribution in [1.82, 2.24) is 9.97 Å². The minimum atomic E-state index is 0.486. The van der Waals surface area contributed by atoms with Crippen LogP contribution < -0.4 is 5.32 Å². The number of anilines is 1. The van der Waals surface area contributed by atoms with Gasteiger partial charge in [0.05, 0.1) is 0 Å². The van der Waals surface area contributed by atoms with E-state index in [1.165, 1.54) is 0 Å². The molecule has 68 valence electrons. The number of nitrogens with one attached hydrogen (secondary N) is 1. The van der Waals surface area contributed by atoms with Crippen LogP contribution in [0, 0.1) is 3.57 Å². The van der Waals surface area contributed by atoms with Crippen molar-refractivity contribution in [3.8, 4) is 0 Å². The van der Waals surface area contributed by atoms with Crippen LogP contribution in [0.5, 0.6) is 0 Å². The first kappa shape index (κ1) is 8.93. The van der Waals surface area contributed by atoms with Crippen molar-refractivity contribution in [2.75, 3.05) is 5.32 Å². The van der Waals surface area contributed by atoms with E-state index in [0.29, 0.717) is 6.04 Å². The van der Waals surface area contributed by atoms with Crippen LogP contribution in [0.1, 0.15) is 12.8 Å². The molecule has 0 fully saturated rings. The summed E-state index contributed by atoms with van der Waals surface area (Å²) in [6.45, 7) is 0. The zero-order valence-electron chi connectivity index (χ0n) is 7.07. The van der Waals surface area contributed by atoms with Crippen LogP contribution in [-0.2, 0) is 0 Å². The van der Waals surface area contributed by atoms with Gasteiger partial charge >= 0.3 is 0 Å². The van der Waals surface area contributed by atoms with E-state index in [1.54, 1.807) is 0 Å². The zero-order chi connectivity index (χ0) is 9.10. The smallest absolute Gasteiger partial charge is 0.222 e. The van der Waals surface area contributed by atoms with Crippen LogP contribution in [-0.4, -0.2) is 16.0 Å². The van der Waals surface area contributed by atoms with Crippen molar-refractivity contribution < 1.29 is 0 Å². The number of hydrogen-bond donors (Lipinski definition) is 1. The molecule has 1 aliphatic rings. The predicted molar refractivity (Wildman–Crippen MR) is 60.5 cm³/mol. The van der Waals surface area contributed by atoms with Crippen molar-refractivity contribution >= 4 is 28.5 Å². The number of rotatable bonds is 2. The van der Waals surface area contributed by atoms with Crippen LogP contribution in [0.4, 0.5) is 5.95 Å². The Morgan fingerprint density at radius 3 is 2.46 bits per heavy atom. The highest BCUT2D eigenvalue weighted by Gasteiger charge is 2.10. The van der Waals surface area contributed by atoms with Crippen molar-refractivity contribution in [2.45, 2.75) is 18.9 Å². The number of aromatic nitrogens is 2. The van der Waals surface area contributed by atoms with Gasteiger partial charge in [-0.15, -0.1) is 0 Å². The minimum absolute atomic E-state index is 0.486. The quantitative estimate of drug-likeness (QED) is 0.669. The second-order valence-electron chi connectivity index (χ2n) is 3.01. The van der Waals surface area contributed by atoms with Gasteiger partial charge in [-0.3, -0.25) is 0 Å². The molecule has 0 bridgehead atoms. The summed E-state index contributed by atoms with van der Waals surface area (Å²) in [5.41, 5.74) is 0. The predicted octanol–water partition coefficient (Wildman–Crippen LogP) is 2.21. The van der Waals surface area contributed by atoms with Gasteiger partial charge in [0.15, 0.2) is 0 Å². The first-order chi connectivity index (χ1) is 6.34. The first-order valence-corrected chi connectivity index (χ1v) is 5.31. The number of halogens is 1. The van der Waals surface area contributed by atoms with Crippen molar-refractivity contribution in [2.24, 2.45) is 0 Å². The summed E-state index contributed by atoms with van der Waals surface area (Å²) in [6.07, 6.45) is 10.2. The molecule has 0 amide bonds. The Balaban J connectivity index is 1.97. The van der Waals surface area contributed by atoms with E-state index in [2.05, 4.69) is 50.0 Å². The lowest BCUT2D eigenvalue weighted by Gasteiger charge is -2.10. The third kappa shape index (κ3) is 2.40. The molecular weight excluding hydrogens is 277 g/mol. The summed E-state index contributed by atoms with van der Waals surface area (Å²) in [7, 11) is 0. The molecule has 13 heavy (non-hydrogen) atoms. The topological polar surface area (TPSA) is 37.8 Å².